The van der Waals surface area contributed by atoms with Gasteiger partial charge in [-0.05, 0) is 85.1 Å². The van der Waals surface area contributed by atoms with Crippen molar-refractivity contribution < 1.29 is 29.3 Å². The summed E-state index contributed by atoms with van der Waals surface area (Å²) in [4.78, 5) is 28.9. The van der Waals surface area contributed by atoms with Crippen molar-refractivity contribution in [3.8, 4) is 11.8 Å². The van der Waals surface area contributed by atoms with E-state index in [2.05, 4.69) is 24.8 Å². The van der Waals surface area contributed by atoms with Crippen LogP contribution in [0, 0.1) is 23.2 Å². The van der Waals surface area contributed by atoms with Gasteiger partial charge in [-0.25, -0.2) is 4.79 Å². The van der Waals surface area contributed by atoms with Gasteiger partial charge in [0.2, 0.25) is 5.91 Å². The average molecular weight is 544 g/mol. The summed E-state index contributed by atoms with van der Waals surface area (Å²) < 4.78 is 11.3. The molecule has 2 fully saturated rings. The number of amides is 1. The van der Waals surface area contributed by atoms with Gasteiger partial charge in [0.25, 0.3) is 0 Å². The number of allylic oxidation sites excluding steroid dienone is 2. The Bertz CT molecular complexity index is 1110. The van der Waals surface area contributed by atoms with Gasteiger partial charge in [0, 0.05) is 24.0 Å². The zero-order chi connectivity index (χ0) is 27.5. The second-order valence-electron chi connectivity index (χ2n) is 12.1. The fourth-order valence-corrected chi connectivity index (χ4v) is 6.21. The topological polar surface area (TPSA) is 96.3 Å². The first-order chi connectivity index (χ1) is 17.9. The minimum absolute atomic E-state index is 0.0224. The number of hydrogen-bond acceptors (Lipinski definition) is 6. The number of thiophene rings is 1. The minimum Gasteiger partial charge on any atom is -0.477 e. The number of carbonyl (C=O) groups is 2. The molecule has 0 aromatic carbocycles. The molecular formula is C30H41NO6S. The predicted octanol–water partition coefficient (Wildman–Crippen LogP) is 5.40. The normalized spacial score (nSPS) is 27.8. The van der Waals surface area contributed by atoms with Crippen LogP contribution in [0.1, 0.15) is 93.6 Å². The highest BCUT2D eigenvalue weighted by Crippen LogP contribution is 2.40. The molecule has 1 amide bonds. The maximum atomic E-state index is 14.0. The van der Waals surface area contributed by atoms with Gasteiger partial charge in [0.05, 0.1) is 35.5 Å². The molecule has 0 radical (unpaired) electrons. The van der Waals surface area contributed by atoms with Crippen LogP contribution in [0.25, 0.3) is 0 Å². The number of hydrogen-bond donors (Lipinski definition) is 2. The second-order valence-corrected chi connectivity index (χ2v) is 13.2. The molecule has 2 N–H and O–H groups in total. The molecule has 0 bridgehead atoms. The fraction of sp³-hybridized carbons (Fsp3) is 0.667. The molecule has 1 aliphatic heterocycles. The molecule has 1 saturated heterocycles. The highest BCUT2D eigenvalue weighted by molar-refractivity contribution is 7.15. The Hall–Kier alpha value is -2.18. The Balaban J connectivity index is 1.60. The lowest BCUT2D eigenvalue weighted by Gasteiger charge is -2.42. The van der Waals surface area contributed by atoms with Crippen LogP contribution >= 0.6 is 11.3 Å². The van der Waals surface area contributed by atoms with Crippen molar-refractivity contribution in [3.05, 3.63) is 27.5 Å². The van der Waals surface area contributed by atoms with E-state index in [1.165, 1.54) is 5.57 Å². The lowest BCUT2D eigenvalue weighted by atomic mass is 9.81. The molecule has 1 aromatic heterocycles. The van der Waals surface area contributed by atoms with Crippen LogP contribution in [0.4, 0.5) is 5.69 Å². The van der Waals surface area contributed by atoms with Crippen LogP contribution in [-0.2, 0) is 14.3 Å². The molecule has 38 heavy (non-hydrogen) atoms. The Morgan fingerprint density at radius 1 is 1.24 bits per heavy atom. The zero-order valence-electron chi connectivity index (χ0n) is 23.0. The van der Waals surface area contributed by atoms with Crippen molar-refractivity contribution >= 4 is 28.9 Å². The summed E-state index contributed by atoms with van der Waals surface area (Å²) in [6, 6.07) is 1.58. The van der Waals surface area contributed by atoms with Crippen molar-refractivity contribution in [2.75, 3.05) is 24.7 Å². The van der Waals surface area contributed by atoms with Gasteiger partial charge in [-0.1, -0.05) is 23.5 Å². The van der Waals surface area contributed by atoms with E-state index in [1.54, 1.807) is 11.0 Å². The number of nitrogens with zero attached hydrogens (tertiary/aromatic N) is 1. The molecule has 8 heteroatoms. The molecule has 3 aliphatic rings. The summed E-state index contributed by atoms with van der Waals surface area (Å²) in [7, 11) is 0. The van der Waals surface area contributed by atoms with Crippen molar-refractivity contribution in [2.24, 2.45) is 11.3 Å². The molecule has 4 rings (SSSR count). The summed E-state index contributed by atoms with van der Waals surface area (Å²) in [5, 5.41) is 21.3. The monoisotopic (exact) mass is 543 g/mol. The van der Waals surface area contributed by atoms with Crippen LogP contribution in [0.5, 0.6) is 0 Å². The first-order valence-corrected chi connectivity index (χ1v) is 14.6. The molecule has 1 aromatic rings. The van der Waals surface area contributed by atoms with E-state index >= 15 is 0 Å². The second kappa shape index (κ2) is 11.9. The lowest BCUT2D eigenvalue weighted by molar-refractivity contribution is -0.124. The van der Waals surface area contributed by atoms with Crippen molar-refractivity contribution in [1.29, 1.82) is 0 Å². The number of anilines is 1. The number of aliphatic hydroxyl groups is 1. The van der Waals surface area contributed by atoms with Gasteiger partial charge in [-0.2, -0.15) is 0 Å². The SMILES string of the molecule is CC1=CC[C@H](C(=O)N(c2cc(C#CC(C)(C)C)sc2C(=O)O)C2CCC(O)(COC3CCOC3)CC2)CC1. The Kier molecular flexibility index (Phi) is 9.03. The number of rotatable bonds is 7. The molecule has 2 heterocycles. The molecule has 0 spiro atoms. The maximum absolute atomic E-state index is 14.0. The number of carboxylic acid groups (broad SMARTS) is 1. The predicted molar refractivity (Wildman–Crippen MR) is 149 cm³/mol. The summed E-state index contributed by atoms with van der Waals surface area (Å²) in [5.41, 5.74) is 0.548. The Labute approximate surface area is 230 Å². The van der Waals surface area contributed by atoms with Crippen LogP contribution < -0.4 is 4.90 Å². The average Bonchev–Trinajstić information content (AvgIpc) is 3.53. The third kappa shape index (κ3) is 7.26. The molecule has 2 aliphatic carbocycles. The van der Waals surface area contributed by atoms with Gasteiger partial charge in [-0.15, -0.1) is 11.3 Å². The van der Waals surface area contributed by atoms with Crippen LogP contribution in [0.2, 0.25) is 0 Å². The van der Waals surface area contributed by atoms with Gasteiger partial charge >= 0.3 is 5.97 Å². The quantitative estimate of drug-likeness (QED) is 0.353. The smallest absolute Gasteiger partial charge is 0.348 e. The molecule has 7 nitrogen and oxygen atoms in total. The highest BCUT2D eigenvalue weighted by Gasteiger charge is 2.41. The number of aromatic carboxylic acids is 1. The summed E-state index contributed by atoms with van der Waals surface area (Å²) in [6.45, 7) is 9.61. The largest absolute Gasteiger partial charge is 0.477 e. The van der Waals surface area contributed by atoms with Gasteiger partial charge < -0.3 is 24.6 Å². The third-order valence-corrected chi connectivity index (χ3v) is 8.71. The zero-order valence-corrected chi connectivity index (χ0v) is 23.9. The van der Waals surface area contributed by atoms with Gasteiger partial charge in [0.1, 0.15) is 4.88 Å². The van der Waals surface area contributed by atoms with E-state index in [0.29, 0.717) is 55.9 Å². The van der Waals surface area contributed by atoms with Gasteiger partial charge in [0.15, 0.2) is 0 Å². The highest BCUT2D eigenvalue weighted by atomic mass is 32.1. The summed E-state index contributed by atoms with van der Waals surface area (Å²) in [5.74, 6) is 5.05. The first kappa shape index (κ1) is 28.8. The van der Waals surface area contributed by atoms with E-state index in [1.807, 2.05) is 20.8 Å². The minimum atomic E-state index is -1.05. The summed E-state index contributed by atoms with van der Waals surface area (Å²) >= 11 is 1.13. The third-order valence-electron chi connectivity index (χ3n) is 7.68. The number of carbonyl (C=O) groups excluding carboxylic acids is 1. The maximum Gasteiger partial charge on any atom is 0.348 e. The summed E-state index contributed by atoms with van der Waals surface area (Å²) in [6.07, 6.45) is 7.41. The Morgan fingerprint density at radius 2 is 1.97 bits per heavy atom. The lowest BCUT2D eigenvalue weighted by Crippen LogP contribution is -2.50. The van der Waals surface area contributed by atoms with Crippen LogP contribution in [0.15, 0.2) is 17.7 Å². The van der Waals surface area contributed by atoms with Crippen LogP contribution in [0.3, 0.4) is 0 Å². The molecule has 2 atom stereocenters. The standard InChI is InChI=1S/C30H41NO6S/c1-20-5-7-21(8-6-20)27(32)31(25-17-24(11-13-29(2,3)4)38-26(25)28(33)34)22-9-14-30(35,15-10-22)19-37-23-12-16-36-18-23/h5,17,21-23,35H,6-10,12,14-16,18-19H2,1-4H3,(H,33,34)/t21-,22?,23?,30?/m0/s1. The van der Waals surface area contributed by atoms with E-state index in [9.17, 15) is 19.8 Å². The van der Waals surface area contributed by atoms with Crippen molar-refractivity contribution in [3.63, 3.8) is 0 Å². The Morgan fingerprint density at radius 3 is 2.55 bits per heavy atom. The van der Waals surface area contributed by atoms with Crippen LogP contribution in [-0.4, -0.2) is 59.7 Å². The fourth-order valence-electron chi connectivity index (χ4n) is 5.37. The first-order valence-electron chi connectivity index (χ1n) is 13.7. The van der Waals surface area contributed by atoms with E-state index < -0.39 is 11.6 Å². The van der Waals surface area contributed by atoms with Crippen molar-refractivity contribution in [1.82, 2.24) is 0 Å². The molecule has 1 unspecified atom stereocenters. The van der Waals surface area contributed by atoms with E-state index in [-0.39, 0.29) is 40.9 Å². The molecular weight excluding hydrogens is 502 g/mol. The van der Waals surface area contributed by atoms with Crippen molar-refractivity contribution in [2.45, 2.75) is 96.8 Å². The molecule has 1 saturated carbocycles. The van der Waals surface area contributed by atoms with Gasteiger partial charge in [-0.3, -0.25) is 4.79 Å². The molecule has 208 valence electrons. The van der Waals surface area contributed by atoms with E-state index in [4.69, 9.17) is 9.47 Å². The number of ether oxygens (including phenoxy) is 2. The van der Waals surface area contributed by atoms with E-state index in [0.717, 1.165) is 30.6 Å². The number of carboxylic acids is 1.